The van der Waals surface area contributed by atoms with Gasteiger partial charge in [-0.05, 0) is 43.1 Å². The van der Waals surface area contributed by atoms with Crippen molar-refractivity contribution >= 4 is 28.7 Å². The number of hydrogen-bond donors (Lipinski definition) is 0. The lowest BCUT2D eigenvalue weighted by Gasteiger charge is -2.17. The molecule has 2 fully saturated rings. The van der Waals surface area contributed by atoms with E-state index in [4.69, 9.17) is 15.8 Å². The predicted molar refractivity (Wildman–Crippen MR) is 80.6 cm³/mol. The summed E-state index contributed by atoms with van der Waals surface area (Å²) >= 11 is 6.18. The summed E-state index contributed by atoms with van der Waals surface area (Å²) in [6.45, 7) is 2.86. The van der Waals surface area contributed by atoms with Crippen LogP contribution in [0.1, 0.15) is 18.4 Å². The highest BCUT2D eigenvalue weighted by Crippen LogP contribution is 2.58. The molecule has 0 spiro atoms. The molecule has 0 amide bonds. The second-order valence-corrected chi connectivity index (χ2v) is 9.42. The zero-order chi connectivity index (χ0) is 14.3. The van der Waals surface area contributed by atoms with Gasteiger partial charge in [-0.3, -0.25) is 0 Å². The highest BCUT2D eigenvalue weighted by Gasteiger charge is 2.46. The van der Waals surface area contributed by atoms with Crippen LogP contribution in [0, 0.1) is 6.92 Å². The third kappa shape index (κ3) is 2.75. The Morgan fingerprint density at radius 3 is 2.80 bits per heavy atom. The van der Waals surface area contributed by atoms with Crippen LogP contribution in [0.25, 0.3) is 0 Å². The summed E-state index contributed by atoms with van der Waals surface area (Å²) in [6.07, 6.45) is 1.74. The van der Waals surface area contributed by atoms with E-state index in [1.807, 2.05) is 19.1 Å². The zero-order valence-electron chi connectivity index (χ0n) is 11.2. The average molecular weight is 334 g/mol. The normalized spacial score (nSPS) is 30.6. The summed E-state index contributed by atoms with van der Waals surface area (Å²) in [5.41, 5.74) is 1.05. The Morgan fingerprint density at radius 2 is 2.10 bits per heavy atom. The van der Waals surface area contributed by atoms with Crippen molar-refractivity contribution < 1.29 is 12.9 Å². The van der Waals surface area contributed by atoms with Gasteiger partial charge in [-0.25, -0.2) is 13.1 Å². The van der Waals surface area contributed by atoms with Gasteiger partial charge in [-0.1, -0.05) is 17.7 Å². The van der Waals surface area contributed by atoms with E-state index in [1.165, 1.54) is 0 Å². The third-order valence-corrected chi connectivity index (χ3v) is 7.81. The molecule has 1 aromatic carbocycles. The van der Waals surface area contributed by atoms with Gasteiger partial charge in [0.1, 0.15) is 0 Å². The van der Waals surface area contributed by atoms with Crippen molar-refractivity contribution in [2.24, 2.45) is 0 Å². The zero-order valence-corrected chi connectivity index (χ0v) is 13.7. The molecule has 1 unspecified atom stereocenters. The molecule has 0 bridgehead atoms. The van der Waals surface area contributed by atoms with Gasteiger partial charge in [-0.2, -0.15) is 0 Å². The van der Waals surface area contributed by atoms with E-state index in [-0.39, 0.29) is 17.9 Å². The van der Waals surface area contributed by atoms with E-state index in [1.54, 1.807) is 12.1 Å². The number of fused-ring (bicyclic) bond motifs is 1. The highest BCUT2D eigenvalue weighted by atomic mass is 35.7. The molecule has 110 valence electrons. The fraction of sp³-hybridized carbons (Fsp3) is 0.538. The van der Waals surface area contributed by atoms with Gasteiger partial charge in [0.15, 0.2) is 9.84 Å². The van der Waals surface area contributed by atoms with E-state index >= 15 is 0 Å². The largest absolute Gasteiger partial charge is 0.325 e. The number of hydrogen-bond acceptors (Lipinski definition) is 4. The number of halogens is 1. The van der Waals surface area contributed by atoms with Crippen LogP contribution in [-0.4, -0.2) is 37.5 Å². The second kappa shape index (κ2) is 5.54. The first-order valence-corrected chi connectivity index (χ1v) is 10.4. The van der Waals surface area contributed by atoms with Crippen molar-refractivity contribution in [3.8, 4) is 0 Å². The van der Waals surface area contributed by atoms with E-state index in [0.717, 1.165) is 24.9 Å². The number of aryl methyl sites for hydroxylation is 1. The fourth-order valence-electron chi connectivity index (χ4n) is 2.79. The lowest BCUT2D eigenvalue weighted by atomic mass is 10.1. The molecule has 0 radical (unpaired) electrons. The molecular weight excluding hydrogens is 317 g/mol. The van der Waals surface area contributed by atoms with Gasteiger partial charge in [0, 0.05) is 12.6 Å². The van der Waals surface area contributed by atoms with Crippen LogP contribution >= 0.6 is 18.9 Å². The molecule has 0 N–H and O–H groups in total. The van der Waals surface area contributed by atoms with Gasteiger partial charge >= 0.3 is 0 Å². The van der Waals surface area contributed by atoms with Crippen LogP contribution in [0.2, 0.25) is 0 Å². The Labute approximate surface area is 125 Å². The quantitative estimate of drug-likeness (QED) is 0.797. The molecule has 7 heteroatoms. The van der Waals surface area contributed by atoms with Crippen molar-refractivity contribution in [1.82, 2.24) is 4.67 Å². The first-order valence-electron chi connectivity index (χ1n) is 6.66. The van der Waals surface area contributed by atoms with Gasteiger partial charge in [0.25, 0.3) is 0 Å². The van der Waals surface area contributed by atoms with Crippen molar-refractivity contribution in [2.75, 3.05) is 12.3 Å². The van der Waals surface area contributed by atoms with Crippen molar-refractivity contribution in [1.29, 1.82) is 0 Å². The lowest BCUT2D eigenvalue weighted by molar-refractivity contribution is 0.235. The topological polar surface area (TPSA) is 46.6 Å². The summed E-state index contributed by atoms with van der Waals surface area (Å²) in [4.78, 5) is 0.363. The van der Waals surface area contributed by atoms with Gasteiger partial charge in [0.05, 0.1) is 16.8 Å². The summed E-state index contributed by atoms with van der Waals surface area (Å²) in [5.74, 6) is 0.0166. The van der Waals surface area contributed by atoms with E-state index in [9.17, 15) is 8.42 Å². The van der Waals surface area contributed by atoms with Crippen LogP contribution in [0.3, 0.4) is 0 Å². The number of nitrogens with zero attached hydrogens (tertiary/aromatic N) is 1. The minimum atomic E-state index is -3.32. The van der Waals surface area contributed by atoms with Gasteiger partial charge in [-0.15, -0.1) is 0 Å². The van der Waals surface area contributed by atoms with Crippen molar-refractivity contribution in [3.63, 3.8) is 0 Å². The fourth-order valence-corrected chi connectivity index (χ4v) is 6.59. The van der Waals surface area contributed by atoms with Crippen LogP contribution in [0.5, 0.6) is 0 Å². The smallest absolute Gasteiger partial charge is 0.207 e. The van der Waals surface area contributed by atoms with Gasteiger partial charge in [0.2, 0.25) is 7.65 Å². The summed E-state index contributed by atoms with van der Waals surface area (Å²) in [6, 6.07) is 7.13. The minimum absolute atomic E-state index is 0.0166. The lowest BCUT2D eigenvalue weighted by Crippen LogP contribution is -2.33. The van der Waals surface area contributed by atoms with E-state index in [0.29, 0.717) is 4.90 Å². The van der Waals surface area contributed by atoms with E-state index < -0.39 is 17.5 Å². The highest BCUT2D eigenvalue weighted by molar-refractivity contribution is 7.91. The Balaban J connectivity index is 1.78. The predicted octanol–water partition coefficient (Wildman–Crippen LogP) is 3.10. The first-order chi connectivity index (χ1) is 9.47. The molecule has 2 heterocycles. The SMILES string of the molecule is Cc1ccc(S(=O)(=O)C[C@H]2OP(Cl)N3CCC[C@@H]23)cc1. The molecule has 0 saturated carbocycles. The maximum absolute atomic E-state index is 12.5. The Hall–Kier alpha value is -0.190. The number of sulfone groups is 1. The standard InChI is InChI=1S/C13H17ClNO3PS/c1-10-4-6-11(7-5-10)20(16,17)9-13-12-3-2-8-15(12)19(14)18-13/h4-7,12-13H,2-3,8-9H2,1H3/t12-,13+,19?/m0/s1. The van der Waals surface area contributed by atoms with Crippen molar-refractivity contribution in [2.45, 2.75) is 36.8 Å². The monoisotopic (exact) mass is 333 g/mol. The average Bonchev–Trinajstić information content (AvgIpc) is 2.96. The molecule has 3 rings (SSSR count). The molecule has 0 aromatic heterocycles. The second-order valence-electron chi connectivity index (χ2n) is 5.34. The van der Waals surface area contributed by atoms with Gasteiger partial charge < -0.3 is 4.52 Å². The molecule has 1 aromatic rings. The summed E-state index contributed by atoms with van der Waals surface area (Å²) < 4.78 is 32.7. The summed E-state index contributed by atoms with van der Waals surface area (Å²) in [7, 11) is -4.45. The van der Waals surface area contributed by atoms with Crippen LogP contribution in [0.4, 0.5) is 0 Å². The maximum Gasteiger partial charge on any atom is 0.207 e. The Bertz CT molecular complexity index is 592. The van der Waals surface area contributed by atoms with E-state index in [2.05, 4.69) is 4.67 Å². The van der Waals surface area contributed by atoms with Crippen LogP contribution in [0.15, 0.2) is 29.2 Å². The molecule has 2 saturated heterocycles. The Kier molecular flexibility index (Phi) is 4.08. The maximum atomic E-state index is 12.5. The third-order valence-electron chi connectivity index (χ3n) is 3.89. The Morgan fingerprint density at radius 1 is 1.40 bits per heavy atom. The summed E-state index contributed by atoms with van der Waals surface area (Å²) in [5, 5.41) is 0. The number of benzene rings is 1. The van der Waals surface area contributed by atoms with Crippen LogP contribution in [-0.2, 0) is 14.4 Å². The minimum Gasteiger partial charge on any atom is -0.325 e. The molecule has 2 aliphatic rings. The van der Waals surface area contributed by atoms with Crippen molar-refractivity contribution in [3.05, 3.63) is 29.8 Å². The van der Waals surface area contributed by atoms with Crippen LogP contribution < -0.4 is 0 Å². The number of rotatable bonds is 3. The first kappa shape index (κ1) is 14.7. The molecule has 20 heavy (non-hydrogen) atoms. The molecule has 2 aliphatic heterocycles. The molecule has 3 atom stereocenters. The molecule has 0 aliphatic carbocycles. The molecular formula is C13H17ClNO3PS. The molecule has 4 nitrogen and oxygen atoms in total.